The van der Waals surface area contributed by atoms with Crippen molar-refractivity contribution >= 4 is 23.4 Å². The van der Waals surface area contributed by atoms with Gasteiger partial charge in [0.25, 0.3) is 0 Å². The summed E-state index contributed by atoms with van der Waals surface area (Å²) in [6, 6.07) is 19.1. The second kappa shape index (κ2) is 10.9. The third-order valence-electron chi connectivity index (χ3n) is 5.26. The van der Waals surface area contributed by atoms with E-state index >= 15 is 0 Å². The van der Waals surface area contributed by atoms with Gasteiger partial charge < -0.3 is 4.74 Å². The predicted octanol–water partition coefficient (Wildman–Crippen LogP) is 6.37. The molecule has 0 bridgehead atoms. The second-order valence-corrected chi connectivity index (χ2v) is 9.51. The molecule has 0 fully saturated rings. The van der Waals surface area contributed by atoms with Crippen LogP contribution in [-0.2, 0) is 6.61 Å². The molecule has 0 aliphatic heterocycles. The highest BCUT2D eigenvalue weighted by Crippen LogP contribution is 2.38. The topological polar surface area (TPSA) is 83.1 Å². The van der Waals surface area contributed by atoms with Gasteiger partial charge in [-0.25, -0.2) is 4.39 Å². The number of nitrogens with zero attached hydrogens (tertiary/aromatic N) is 4. The Morgan fingerprint density at radius 1 is 1.11 bits per heavy atom. The molecule has 4 rings (SSSR count). The maximum Gasteiger partial charge on any atom is 0.220 e. The van der Waals surface area contributed by atoms with Crippen molar-refractivity contribution in [2.45, 2.75) is 30.9 Å². The van der Waals surface area contributed by atoms with E-state index in [1.165, 1.54) is 23.9 Å². The van der Waals surface area contributed by atoms with Crippen molar-refractivity contribution in [3.8, 4) is 11.4 Å². The second-order valence-electron chi connectivity index (χ2n) is 7.93. The van der Waals surface area contributed by atoms with Crippen molar-refractivity contribution in [3.63, 3.8) is 0 Å². The van der Waals surface area contributed by atoms with Crippen LogP contribution in [0.25, 0.3) is 5.69 Å². The Kier molecular flexibility index (Phi) is 7.67. The number of benzene rings is 3. The van der Waals surface area contributed by atoms with Crippen molar-refractivity contribution in [1.82, 2.24) is 14.8 Å². The van der Waals surface area contributed by atoms with Gasteiger partial charge in [-0.15, -0.1) is 10.2 Å². The predicted molar refractivity (Wildman–Crippen MR) is 133 cm³/mol. The molecule has 4 aromatic rings. The number of thioether (sulfide) groups is 1. The highest BCUT2D eigenvalue weighted by Gasteiger charge is 2.24. The van der Waals surface area contributed by atoms with Gasteiger partial charge in [0.1, 0.15) is 29.2 Å². The van der Waals surface area contributed by atoms with Crippen LogP contribution in [0.15, 0.2) is 71.9 Å². The van der Waals surface area contributed by atoms with Gasteiger partial charge in [-0.1, -0.05) is 59.3 Å². The minimum absolute atomic E-state index is 0.142. The Morgan fingerprint density at radius 3 is 2.57 bits per heavy atom. The summed E-state index contributed by atoms with van der Waals surface area (Å²) >= 11 is 7.69. The van der Waals surface area contributed by atoms with Gasteiger partial charge in [-0.2, -0.15) is 0 Å². The Hall–Kier alpha value is -3.43. The lowest BCUT2D eigenvalue weighted by atomic mass is 10.1. The number of nitro groups is 1. The van der Waals surface area contributed by atoms with Crippen LogP contribution in [0, 0.1) is 29.8 Å². The first-order valence-corrected chi connectivity index (χ1v) is 12.0. The lowest BCUT2D eigenvalue weighted by Crippen LogP contribution is -2.11. The summed E-state index contributed by atoms with van der Waals surface area (Å²) in [5, 5.41) is 20.2. The maximum atomic E-state index is 13.4. The van der Waals surface area contributed by atoms with Crippen molar-refractivity contribution in [1.29, 1.82) is 0 Å². The number of hydrogen-bond acceptors (Lipinski definition) is 6. The van der Waals surface area contributed by atoms with E-state index in [1.807, 2.05) is 42.7 Å². The van der Waals surface area contributed by atoms with Crippen molar-refractivity contribution in [2.75, 3.05) is 6.54 Å². The molecule has 0 spiro atoms. The molecule has 0 aliphatic rings. The van der Waals surface area contributed by atoms with Gasteiger partial charge in [-0.05, 0) is 61.4 Å². The standard InChI is InChI=1S/C25H22ClFN4O3S/c1-16-6-9-21(10-7-16)31-17(2)28-29-25(31)35-24(14-30(32)33)19-8-11-23(22(26)13-19)34-15-18-4-3-5-20(27)12-18/h3-13,24H,14-15H2,1-2H3/t24-/m1/s1. The normalized spacial score (nSPS) is 11.9. The lowest BCUT2D eigenvalue weighted by molar-refractivity contribution is -0.479. The molecule has 0 saturated carbocycles. The number of hydrogen-bond donors (Lipinski definition) is 0. The molecular weight excluding hydrogens is 491 g/mol. The van der Waals surface area contributed by atoms with Crippen molar-refractivity contribution in [2.24, 2.45) is 0 Å². The minimum atomic E-state index is -0.562. The van der Waals surface area contributed by atoms with Gasteiger partial charge >= 0.3 is 0 Å². The number of halogens is 2. The van der Waals surface area contributed by atoms with Gasteiger partial charge in [-0.3, -0.25) is 14.7 Å². The highest BCUT2D eigenvalue weighted by molar-refractivity contribution is 7.99. The third kappa shape index (κ3) is 6.17. The van der Waals surface area contributed by atoms with E-state index in [9.17, 15) is 14.5 Å². The molecule has 0 aliphatic carbocycles. The molecule has 35 heavy (non-hydrogen) atoms. The molecule has 1 heterocycles. The van der Waals surface area contributed by atoms with Crippen LogP contribution in [0.4, 0.5) is 4.39 Å². The van der Waals surface area contributed by atoms with Gasteiger partial charge in [0, 0.05) is 10.6 Å². The Balaban J connectivity index is 1.57. The first kappa shape index (κ1) is 24.7. The fourth-order valence-electron chi connectivity index (χ4n) is 3.51. The molecule has 0 unspecified atom stereocenters. The van der Waals surface area contributed by atoms with Gasteiger partial charge in [0.05, 0.1) is 5.02 Å². The van der Waals surface area contributed by atoms with E-state index in [1.54, 1.807) is 30.3 Å². The summed E-state index contributed by atoms with van der Waals surface area (Å²) in [6.45, 7) is 3.65. The average Bonchev–Trinajstić information content (AvgIpc) is 3.18. The van der Waals surface area contributed by atoms with E-state index in [0.29, 0.717) is 32.9 Å². The van der Waals surface area contributed by atoms with E-state index in [2.05, 4.69) is 10.2 Å². The summed E-state index contributed by atoms with van der Waals surface area (Å²) in [7, 11) is 0. The number of rotatable bonds is 9. The molecule has 180 valence electrons. The van der Waals surface area contributed by atoms with E-state index in [-0.39, 0.29) is 23.9 Å². The zero-order valence-corrected chi connectivity index (χ0v) is 20.6. The summed E-state index contributed by atoms with van der Waals surface area (Å²) < 4.78 is 21.0. The van der Waals surface area contributed by atoms with Crippen LogP contribution < -0.4 is 4.74 Å². The minimum Gasteiger partial charge on any atom is -0.487 e. The van der Waals surface area contributed by atoms with E-state index in [4.69, 9.17) is 16.3 Å². The molecule has 1 atom stereocenters. The first-order chi connectivity index (χ1) is 16.8. The summed E-state index contributed by atoms with van der Waals surface area (Å²) in [5.41, 5.74) is 3.32. The summed E-state index contributed by atoms with van der Waals surface area (Å²) in [4.78, 5) is 11.1. The fraction of sp³-hybridized carbons (Fsp3) is 0.200. The molecule has 0 amide bonds. The van der Waals surface area contributed by atoms with Crippen LogP contribution in [0.3, 0.4) is 0 Å². The first-order valence-electron chi connectivity index (χ1n) is 10.7. The molecule has 0 radical (unpaired) electrons. The largest absolute Gasteiger partial charge is 0.487 e. The van der Waals surface area contributed by atoms with Crippen molar-refractivity contribution in [3.05, 3.63) is 110 Å². The Labute approximate surface area is 211 Å². The quantitative estimate of drug-likeness (QED) is 0.147. The van der Waals surface area contributed by atoms with Crippen LogP contribution >= 0.6 is 23.4 Å². The third-order valence-corrected chi connectivity index (χ3v) is 6.74. The average molecular weight is 513 g/mol. The lowest BCUT2D eigenvalue weighted by Gasteiger charge is -2.16. The SMILES string of the molecule is Cc1ccc(-n2c(C)nnc2S[C@H](C[N+](=O)[O-])c2ccc(OCc3cccc(F)c3)c(Cl)c2)cc1. The molecule has 10 heteroatoms. The summed E-state index contributed by atoms with van der Waals surface area (Å²) in [5.74, 6) is 0.736. The highest BCUT2D eigenvalue weighted by atomic mass is 35.5. The number of aryl methyl sites for hydroxylation is 2. The fourth-order valence-corrected chi connectivity index (χ4v) is 4.91. The van der Waals surface area contributed by atoms with Gasteiger partial charge in [0.2, 0.25) is 6.54 Å². The van der Waals surface area contributed by atoms with Crippen LogP contribution in [0.1, 0.15) is 27.8 Å². The Bertz CT molecular complexity index is 1350. The molecule has 0 saturated heterocycles. The monoisotopic (exact) mass is 512 g/mol. The van der Waals surface area contributed by atoms with E-state index in [0.717, 1.165) is 11.3 Å². The Morgan fingerprint density at radius 2 is 1.89 bits per heavy atom. The van der Waals surface area contributed by atoms with Crippen molar-refractivity contribution < 1.29 is 14.1 Å². The van der Waals surface area contributed by atoms with Gasteiger partial charge in [0.15, 0.2) is 5.16 Å². The molecular formula is C25H22ClFN4O3S. The molecule has 7 nitrogen and oxygen atoms in total. The number of aromatic nitrogens is 3. The number of ether oxygens (including phenoxy) is 1. The smallest absolute Gasteiger partial charge is 0.220 e. The zero-order chi connectivity index (χ0) is 24.9. The maximum absolute atomic E-state index is 13.4. The molecule has 1 aromatic heterocycles. The van der Waals surface area contributed by atoms with E-state index < -0.39 is 5.25 Å². The molecule has 3 aromatic carbocycles. The zero-order valence-electron chi connectivity index (χ0n) is 19.0. The summed E-state index contributed by atoms with van der Waals surface area (Å²) in [6.07, 6.45) is 0. The van der Waals surface area contributed by atoms with Crippen LogP contribution in [0.2, 0.25) is 5.02 Å². The molecule has 0 N–H and O–H groups in total. The van der Waals surface area contributed by atoms with Crippen LogP contribution in [0.5, 0.6) is 5.75 Å². The van der Waals surface area contributed by atoms with Crippen LogP contribution in [-0.4, -0.2) is 26.2 Å².